The van der Waals surface area contributed by atoms with Crippen molar-refractivity contribution in [3.05, 3.63) is 35.5 Å². The minimum absolute atomic E-state index is 0.00797. The second-order valence-electron chi connectivity index (χ2n) is 8.28. The average molecular weight is 397 g/mol. The average Bonchev–Trinajstić information content (AvgIpc) is 3.16. The minimum atomic E-state index is -0.0629. The lowest BCUT2D eigenvalue weighted by atomic mass is 9.93. The third kappa shape index (κ3) is 4.11. The van der Waals surface area contributed by atoms with Crippen molar-refractivity contribution in [3.8, 4) is 0 Å². The summed E-state index contributed by atoms with van der Waals surface area (Å²) in [6.07, 6.45) is 2.59. The van der Waals surface area contributed by atoms with E-state index in [0.29, 0.717) is 42.7 Å². The summed E-state index contributed by atoms with van der Waals surface area (Å²) in [5.41, 5.74) is 2.23. The highest BCUT2D eigenvalue weighted by atomic mass is 16.5. The van der Waals surface area contributed by atoms with Gasteiger partial charge in [-0.3, -0.25) is 9.59 Å². The van der Waals surface area contributed by atoms with Gasteiger partial charge in [-0.25, -0.2) is 0 Å². The standard InChI is InChI=1S/C21H27N5O3/c1-13(2)20-23-19(29-24-20)10-14-6-8-26(9-7-14)21(28)15-4-5-17-16(11-15)22-18(27)12-25(17)3/h4-5,11,13-14H,6-10,12H2,1-3H3,(H,22,27). The van der Waals surface area contributed by atoms with Gasteiger partial charge in [0.15, 0.2) is 5.82 Å². The molecule has 29 heavy (non-hydrogen) atoms. The van der Waals surface area contributed by atoms with Crippen LogP contribution in [0.2, 0.25) is 0 Å². The van der Waals surface area contributed by atoms with Crippen LogP contribution in [0.4, 0.5) is 11.4 Å². The lowest BCUT2D eigenvalue weighted by molar-refractivity contribution is -0.115. The highest BCUT2D eigenvalue weighted by molar-refractivity contribution is 6.03. The van der Waals surface area contributed by atoms with E-state index in [2.05, 4.69) is 15.5 Å². The van der Waals surface area contributed by atoms with Crippen molar-refractivity contribution in [1.29, 1.82) is 0 Å². The van der Waals surface area contributed by atoms with Crippen molar-refractivity contribution in [3.63, 3.8) is 0 Å². The van der Waals surface area contributed by atoms with E-state index in [4.69, 9.17) is 4.52 Å². The maximum atomic E-state index is 13.0. The van der Waals surface area contributed by atoms with Gasteiger partial charge >= 0.3 is 0 Å². The second kappa shape index (κ2) is 7.85. The fraction of sp³-hybridized carbons (Fsp3) is 0.524. The van der Waals surface area contributed by atoms with Crippen molar-refractivity contribution in [2.45, 2.75) is 39.0 Å². The van der Waals surface area contributed by atoms with E-state index in [1.54, 1.807) is 6.07 Å². The number of nitrogens with zero attached hydrogens (tertiary/aromatic N) is 4. The summed E-state index contributed by atoms with van der Waals surface area (Å²) in [6, 6.07) is 5.52. The Kier molecular flexibility index (Phi) is 5.25. The van der Waals surface area contributed by atoms with E-state index in [-0.39, 0.29) is 17.7 Å². The van der Waals surface area contributed by atoms with Crippen molar-refractivity contribution < 1.29 is 14.1 Å². The number of fused-ring (bicyclic) bond motifs is 1. The van der Waals surface area contributed by atoms with E-state index in [0.717, 1.165) is 30.8 Å². The molecular weight excluding hydrogens is 370 g/mol. The van der Waals surface area contributed by atoms with Gasteiger partial charge in [0.05, 0.1) is 17.9 Å². The number of nitrogens with one attached hydrogen (secondary N) is 1. The molecule has 8 heteroatoms. The Bertz CT molecular complexity index is 915. The van der Waals surface area contributed by atoms with Crippen LogP contribution in [0.5, 0.6) is 0 Å². The molecule has 0 unspecified atom stereocenters. The second-order valence-corrected chi connectivity index (χ2v) is 8.28. The lowest BCUT2D eigenvalue weighted by Crippen LogP contribution is -2.39. The molecule has 8 nitrogen and oxygen atoms in total. The fourth-order valence-corrected chi connectivity index (χ4v) is 3.95. The van der Waals surface area contributed by atoms with Crippen molar-refractivity contribution in [2.24, 2.45) is 5.92 Å². The number of piperidine rings is 1. The summed E-state index contributed by atoms with van der Waals surface area (Å²) in [5, 5.41) is 6.88. The Morgan fingerprint density at radius 2 is 2.07 bits per heavy atom. The van der Waals surface area contributed by atoms with E-state index in [1.807, 2.05) is 42.8 Å². The number of anilines is 2. The predicted molar refractivity (Wildman–Crippen MR) is 109 cm³/mol. The van der Waals surface area contributed by atoms with Crippen molar-refractivity contribution >= 4 is 23.2 Å². The summed E-state index contributed by atoms with van der Waals surface area (Å²) in [6.45, 7) is 5.83. The van der Waals surface area contributed by atoms with Crippen LogP contribution in [-0.2, 0) is 11.2 Å². The third-order valence-corrected chi connectivity index (χ3v) is 5.67. The summed E-state index contributed by atoms with van der Waals surface area (Å²) in [7, 11) is 1.87. The van der Waals surface area contributed by atoms with Crippen molar-refractivity contribution in [2.75, 3.05) is 36.9 Å². The summed E-state index contributed by atoms with van der Waals surface area (Å²) < 4.78 is 5.36. The first-order valence-corrected chi connectivity index (χ1v) is 10.2. The molecular formula is C21H27N5O3. The summed E-state index contributed by atoms with van der Waals surface area (Å²) in [4.78, 5) is 33.0. The zero-order valence-electron chi connectivity index (χ0n) is 17.1. The van der Waals surface area contributed by atoms with Gasteiger partial charge in [-0.1, -0.05) is 19.0 Å². The van der Waals surface area contributed by atoms with Crippen LogP contribution >= 0.6 is 0 Å². The van der Waals surface area contributed by atoms with Crippen LogP contribution < -0.4 is 10.2 Å². The number of carbonyl (C=O) groups is 2. The molecule has 4 rings (SSSR count). The van der Waals surface area contributed by atoms with Gasteiger partial charge in [0.1, 0.15) is 0 Å². The molecule has 0 bridgehead atoms. The number of benzene rings is 1. The lowest BCUT2D eigenvalue weighted by Gasteiger charge is -2.32. The SMILES string of the molecule is CC(C)c1noc(CC2CCN(C(=O)c3ccc4c(c3)NC(=O)CN4C)CC2)n1. The molecule has 1 saturated heterocycles. The Morgan fingerprint density at radius 1 is 1.31 bits per heavy atom. The molecule has 1 fully saturated rings. The summed E-state index contributed by atoms with van der Waals surface area (Å²) >= 11 is 0. The molecule has 1 aromatic heterocycles. The molecule has 1 N–H and O–H groups in total. The van der Waals surface area contributed by atoms with E-state index in [9.17, 15) is 9.59 Å². The molecule has 0 atom stereocenters. The molecule has 0 saturated carbocycles. The number of likely N-dealkylation sites (tertiary alicyclic amines) is 1. The highest BCUT2D eigenvalue weighted by Crippen LogP contribution is 2.30. The van der Waals surface area contributed by atoms with Gasteiger partial charge in [0.2, 0.25) is 11.8 Å². The Morgan fingerprint density at radius 3 is 2.76 bits per heavy atom. The van der Waals surface area contributed by atoms with Crippen molar-refractivity contribution in [1.82, 2.24) is 15.0 Å². The Balaban J connectivity index is 1.36. The molecule has 154 valence electrons. The number of hydrogen-bond acceptors (Lipinski definition) is 6. The molecule has 0 spiro atoms. The van der Waals surface area contributed by atoms with E-state index < -0.39 is 0 Å². The van der Waals surface area contributed by atoms with Gasteiger partial charge in [0, 0.05) is 38.0 Å². The number of amides is 2. The Hall–Kier alpha value is -2.90. The number of aromatic nitrogens is 2. The smallest absolute Gasteiger partial charge is 0.253 e. The maximum Gasteiger partial charge on any atom is 0.253 e. The molecule has 0 aliphatic carbocycles. The van der Waals surface area contributed by atoms with Gasteiger partial charge < -0.3 is 19.6 Å². The van der Waals surface area contributed by atoms with Crippen LogP contribution in [0.25, 0.3) is 0 Å². The number of likely N-dealkylation sites (N-methyl/N-ethyl adjacent to an activating group) is 1. The number of hydrogen-bond donors (Lipinski definition) is 1. The minimum Gasteiger partial charge on any atom is -0.364 e. The molecule has 2 aliphatic heterocycles. The van der Waals surface area contributed by atoms with Gasteiger partial charge in [0.25, 0.3) is 5.91 Å². The first-order chi connectivity index (χ1) is 13.9. The fourth-order valence-electron chi connectivity index (χ4n) is 3.95. The zero-order chi connectivity index (χ0) is 20.5. The van der Waals surface area contributed by atoms with Gasteiger partial charge in [-0.15, -0.1) is 0 Å². The summed E-state index contributed by atoms with van der Waals surface area (Å²) in [5.74, 6) is 2.08. The normalized spacial score (nSPS) is 17.4. The van der Waals surface area contributed by atoms with Crippen LogP contribution in [0.15, 0.2) is 22.7 Å². The maximum absolute atomic E-state index is 13.0. The monoisotopic (exact) mass is 397 g/mol. The molecule has 0 radical (unpaired) electrons. The van der Waals surface area contributed by atoms with E-state index in [1.165, 1.54) is 0 Å². The Labute approximate surface area is 170 Å². The molecule has 3 heterocycles. The number of rotatable bonds is 4. The van der Waals surface area contributed by atoms with Crippen LogP contribution in [-0.4, -0.2) is 53.5 Å². The van der Waals surface area contributed by atoms with Crippen LogP contribution in [0, 0.1) is 5.92 Å². The quantitative estimate of drug-likeness (QED) is 0.853. The molecule has 1 aromatic carbocycles. The molecule has 2 amide bonds. The molecule has 2 aromatic rings. The predicted octanol–water partition coefficient (Wildman–Crippen LogP) is 2.68. The van der Waals surface area contributed by atoms with Crippen LogP contribution in [0.3, 0.4) is 0 Å². The zero-order valence-corrected chi connectivity index (χ0v) is 17.1. The highest BCUT2D eigenvalue weighted by Gasteiger charge is 2.27. The topological polar surface area (TPSA) is 91.6 Å². The van der Waals surface area contributed by atoms with Crippen LogP contribution in [0.1, 0.15) is 54.7 Å². The van der Waals surface area contributed by atoms with Gasteiger partial charge in [-0.2, -0.15) is 4.98 Å². The third-order valence-electron chi connectivity index (χ3n) is 5.67. The first kappa shape index (κ1) is 19.4. The molecule has 2 aliphatic rings. The number of carbonyl (C=O) groups excluding carboxylic acids is 2. The van der Waals surface area contributed by atoms with Gasteiger partial charge in [-0.05, 0) is 37.0 Å². The largest absolute Gasteiger partial charge is 0.364 e. The first-order valence-electron chi connectivity index (χ1n) is 10.2. The van der Waals surface area contributed by atoms with E-state index >= 15 is 0 Å².